The van der Waals surface area contributed by atoms with Gasteiger partial charge in [-0.25, -0.2) is 0 Å². The van der Waals surface area contributed by atoms with Crippen LogP contribution in [0.1, 0.15) is 22.3 Å². The Kier molecular flexibility index (Phi) is 7.02. The second kappa shape index (κ2) is 11.3. The number of nitrogen functional groups attached to an aromatic ring is 2. The fraction of sp³-hybridized carbons (Fsp3) is 0.0769. The monoisotopic (exact) mass is 592 g/mol. The molecule has 0 aromatic heterocycles. The zero-order chi connectivity index (χ0) is 31.0. The van der Waals surface area contributed by atoms with E-state index in [1.807, 2.05) is 60.7 Å². The lowest BCUT2D eigenvalue weighted by Crippen LogP contribution is -2.28. The maximum absolute atomic E-state index is 6.24. The third-order valence-electron chi connectivity index (χ3n) is 8.36. The lowest BCUT2D eigenvalue weighted by Gasteiger charge is -2.34. The van der Waals surface area contributed by atoms with Gasteiger partial charge < -0.3 is 30.4 Å². The summed E-state index contributed by atoms with van der Waals surface area (Å²) in [6, 6.07) is 44.0. The van der Waals surface area contributed by atoms with E-state index >= 15 is 0 Å². The smallest absolute Gasteiger partial charge is 0.169 e. The van der Waals surface area contributed by atoms with Crippen LogP contribution in [0.25, 0.3) is 11.1 Å². The first-order chi connectivity index (χ1) is 22.0. The van der Waals surface area contributed by atoms with Gasteiger partial charge in [0.1, 0.15) is 11.5 Å². The van der Waals surface area contributed by atoms with Crippen LogP contribution in [0.5, 0.6) is 34.5 Å². The van der Waals surface area contributed by atoms with Crippen LogP contribution in [0.2, 0.25) is 0 Å². The Morgan fingerprint density at radius 1 is 0.444 bits per heavy atom. The number of ether oxygens (including phenoxy) is 4. The predicted molar refractivity (Wildman–Crippen MR) is 179 cm³/mol. The van der Waals surface area contributed by atoms with E-state index in [0.717, 1.165) is 22.3 Å². The number of anilines is 2. The summed E-state index contributed by atoms with van der Waals surface area (Å²) < 4.78 is 24.4. The third kappa shape index (κ3) is 4.77. The second-order valence-corrected chi connectivity index (χ2v) is 10.9. The Morgan fingerprint density at radius 3 is 1.24 bits per heavy atom. The molecule has 6 heteroatoms. The number of hydrogen-bond donors (Lipinski definition) is 2. The zero-order valence-corrected chi connectivity index (χ0v) is 25.0. The highest BCUT2D eigenvalue weighted by Crippen LogP contribution is 2.57. The van der Waals surface area contributed by atoms with Crippen molar-refractivity contribution in [1.29, 1.82) is 0 Å². The summed E-state index contributed by atoms with van der Waals surface area (Å²) >= 11 is 0. The van der Waals surface area contributed by atoms with Gasteiger partial charge in [0.2, 0.25) is 0 Å². The van der Waals surface area contributed by atoms with Crippen molar-refractivity contribution >= 4 is 11.4 Å². The lowest BCUT2D eigenvalue weighted by atomic mass is 9.67. The molecule has 1 aliphatic carbocycles. The summed E-state index contributed by atoms with van der Waals surface area (Å²) in [5, 5.41) is 0. The van der Waals surface area contributed by atoms with E-state index in [4.69, 9.17) is 30.4 Å². The minimum Gasteiger partial charge on any atom is -0.493 e. The van der Waals surface area contributed by atoms with Crippen LogP contribution in [-0.4, -0.2) is 14.2 Å². The van der Waals surface area contributed by atoms with Crippen molar-refractivity contribution in [2.24, 2.45) is 0 Å². The van der Waals surface area contributed by atoms with Gasteiger partial charge >= 0.3 is 0 Å². The molecule has 45 heavy (non-hydrogen) atoms. The largest absolute Gasteiger partial charge is 0.493 e. The average Bonchev–Trinajstić information content (AvgIpc) is 3.38. The molecule has 0 radical (unpaired) electrons. The van der Waals surface area contributed by atoms with E-state index < -0.39 is 5.41 Å². The van der Waals surface area contributed by atoms with Gasteiger partial charge in [-0.05, 0) is 106 Å². The number of fused-ring (bicyclic) bond motifs is 3. The Balaban J connectivity index is 1.42. The lowest BCUT2D eigenvalue weighted by molar-refractivity contribution is 0.376. The fourth-order valence-corrected chi connectivity index (χ4v) is 6.32. The minimum absolute atomic E-state index is 0.602. The Bertz CT molecular complexity index is 1860. The van der Waals surface area contributed by atoms with Crippen molar-refractivity contribution in [3.63, 3.8) is 0 Å². The third-order valence-corrected chi connectivity index (χ3v) is 8.36. The highest BCUT2D eigenvalue weighted by molar-refractivity contribution is 5.86. The maximum atomic E-state index is 6.24. The van der Waals surface area contributed by atoms with Crippen molar-refractivity contribution in [2.45, 2.75) is 5.41 Å². The minimum atomic E-state index is -0.687. The molecule has 6 aromatic carbocycles. The SMILES string of the molecule is COc1cc(C2(c3ccc(Oc4ccc(N)cc4)c(OC)c3)c3ccccc3-c3ccccc32)ccc1Oc1ccc(N)cc1. The molecule has 0 saturated heterocycles. The first kappa shape index (κ1) is 27.9. The van der Waals surface area contributed by atoms with E-state index in [2.05, 4.69) is 72.8 Å². The topological polar surface area (TPSA) is 89.0 Å². The van der Waals surface area contributed by atoms with E-state index in [1.54, 1.807) is 14.2 Å². The fourth-order valence-electron chi connectivity index (χ4n) is 6.32. The molecule has 7 rings (SSSR count). The van der Waals surface area contributed by atoms with Crippen LogP contribution in [0.15, 0.2) is 133 Å². The molecular weight excluding hydrogens is 560 g/mol. The summed E-state index contributed by atoms with van der Waals surface area (Å²) in [5.41, 5.74) is 19.2. The molecular formula is C39H32N2O4. The van der Waals surface area contributed by atoms with E-state index in [9.17, 15) is 0 Å². The molecule has 0 atom stereocenters. The standard InChI is InChI=1S/C39H32N2O4/c1-42-37-23-25(11-21-35(37)44-29-17-13-27(40)14-18-29)39(33-9-5-3-7-31(33)32-8-4-6-10-34(32)39)26-12-22-36(38(24-26)43-2)45-30-19-15-28(41)16-20-30/h3-24H,40-41H2,1-2H3. The molecule has 6 aromatic rings. The Morgan fingerprint density at radius 2 is 0.844 bits per heavy atom. The molecule has 0 bridgehead atoms. The summed E-state index contributed by atoms with van der Waals surface area (Å²) in [6.45, 7) is 0. The molecule has 1 aliphatic rings. The van der Waals surface area contributed by atoms with Crippen molar-refractivity contribution in [1.82, 2.24) is 0 Å². The number of nitrogens with two attached hydrogens (primary N) is 2. The molecule has 0 heterocycles. The molecule has 4 N–H and O–H groups in total. The van der Waals surface area contributed by atoms with Gasteiger partial charge in [0, 0.05) is 11.4 Å². The molecule has 0 fully saturated rings. The summed E-state index contributed by atoms with van der Waals surface area (Å²) in [6.07, 6.45) is 0. The molecule has 0 aliphatic heterocycles. The van der Waals surface area contributed by atoms with Gasteiger partial charge in [-0.15, -0.1) is 0 Å². The highest BCUT2D eigenvalue weighted by atomic mass is 16.5. The zero-order valence-electron chi connectivity index (χ0n) is 25.0. The maximum Gasteiger partial charge on any atom is 0.169 e. The van der Waals surface area contributed by atoms with Crippen LogP contribution in [0, 0.1) is 0 Å². The normalized spacial score (nSPS) is 12.6. The first-order valence-corrected chi connectivity index (χ1v) is 14.6. The summed E-state index contributed by atoms with van der Waals surface area (Å²) in [5.74, 6) is 3.77. The van der Waals surface area contributed by atoms with Crippen LogP contribution in [0.4, 0.5) is 11.4 Å². The van der Waals surface area contributed by atoms with Gasteiger partial charge in [0.15, 0.2) is 23.0 Å². The van der Waals surface area contributed by atoms with E-state index in [0.29, 0.717) is 45.9 Å². The number of benzene rings is 6. The van der Waals surface area contributed by atoms with Crippen LogP contribution in [0.3, 0.4) is 0 Å². The number of hydrogen-bond acceptors (Lipinski definition) is 6. The van der Waals surface area contributed by atoms with Crippen LogP contribution >= 0.6 is 0 Å². The van der Waals surface area contributed by atoms with Crippen molar-refractivity contribution in [2.75, 3.05) is 25.7 Å². The molecule has 222 valence electrons. The molecule has 6 nitrogen and oxygen atoms in total. The quantitative estimate of drug-likeness (QED) is 0.171. The first-order valence-electron chi connectivity index (χ1n) is 14.6. The Hall–Kier alpha value is -5.88. The van der Waals surface area contributed by atoms with Gasteiger partial charge in [-0.3, -0.25) is 0 Å². The predicted octanol–water partition coefficient (Wildman–Crippen LogP) is 8.82. The van der Waals surface area contributed by atoms with Gasteiger partial charge in [0.25, 0.3) is 0 Å². The van der Waals surface area contributed by atoms with Crippen molar-refractivity contribution in [3.05, 3.63) is 156 Å². The van der Waals surface area contributed by atoms with Gasteiger partial charge in [-0.2, -0.15) is 0 Å². The number of rotatable bonds is 8. The number of methoxy groups -OCH3 is 2. The second-order valence-electron chi connectivity index (χ2n) is 10.9. The van der Waals surface area contributed by atoms with Crippen LogP contribution < -0.4 is 30.4 Å². The van der Waals surface area contributed by atoms with E-state index in [-0.39, 0.29) is 0 Å². The molecule has 0 saturated carbocycles. The Labute approximate surface area is 262 Å². The average molecular weight is 593 g/mol. The van der Waals surface area contributed by atoms with E-state index in [1.165, 1.54) is 11.1 Å². The summed E-state index contributed by atoms with van der Waals surface area (Å²) in [7, 11) is 3.31. The molecule has 0 unspecified atom stereocenters. The molecule has 0 amide bonds. The van der Waals surface area contributed by atoms with Gasteiger partial charge in [-0.1, -0.05) is 60.7 Å². The molecule has 0 spiro atoms. The van der Waals surface area contributed by atoms with Crippen molar-refractivity contribution in [3.8, 4) is 45.6 Å². The highest BCUT2D eigenvalue weighted by Gasteiger charge is 2.46. The summed E-state index contributed by atoms with van der Waals surface area (Å²) in [4.78, 5) is 0. The van der Waals surface area contributed by atoms with Crippen LogP contribution in [-0.2, 0) is 5.41 Å². The van der Waals surface area contributed by atoms with Gasteiger partial charge in [0.05, 0.1) is 19.6 Å². The van der Waals surface area contributed by atoms with Crippen molar-refractivity contribution < 1.29 is 18.9 Å².